The molecule has 82 valence electrons. The zero-order chi connectivity index (χ0) is 10.7. The van der Waals surface area contributed by atoms with Gasteiger partial charge in [-0.05, 0) is 30.4 Å². The first-order valence-electron chi connectivity index (χ1n) is 5.75. The molecule has 0 amide bonds. The van der Waals surface area contributed by atoms with Gasteiger partial charge in [0, 0.05) is 17.1 Å². The van der Waals surface area contributed by atoms with E-state index in [1.54, 1.807) is 0 Å². The second-order valence-electron chi connectivity index (χ2n) is 4.46. The van der Waals surface area contributed by atoms with Crippen LogP contribution in [-0.4, -0.2) is 12.6 Å². The Labute approximate surface area is 100 Å². The summed E-state index contributed by atoms with van der Waals surface area (Å²) in [5.41, 5.74) is 1.41. The summed E-state index contributed by atoms with van der Waals surface area (Å²) >= 11 is 3.61. The van der Waals surface area contributed by atoms with Gasteiger partial charge < -0.3 is 5.32 Å². The fourth-order valence-corrected chi connectivity index (χ4v) is 2.62. The zero-order valence-corrected chi connectivity index (χ0v) is 10.8. The van der Waals surface area contributed by atoms with Gasteiger partial charge in [-0.3, -0.25) is 0 Å². The lowest BCUT2D eigenvalue weighted by molar-refractivity contribution is 0.334. The quantitative estimate of drug-likeness (QED) is 0.878. The summed E-state index contributed by atoms with van der Waals surface area (Å²) in [7, 11) is 0. The van der Waals surface area contributed by atoms with Crippen molar-refractivity contribution in [2.24, 2.45) is 0 Å². The second kappa shape index (κ2) is 5.13. The van der Waals surface area contributed by atoms with Crippen molar-refractivity contribution >= 4 is 15.9 Å². The molecule has 15 heavy (non-hydrogen) atoms. The van der Waals surface area contributed by atoms with Crippen molar-refractivity contribution in [1.29, 1.82) is 0 Å². The van der Waals surface area contributed by atoms with Gasteiger partial charge in [0.15, 0.2) is 0 Å². The molecule has 0 aromatic heterocycles. The van der Waals surface area contributed by atoms with Crippen molar-refractivity contribution < 1.29 is 0 Å². The molecule has 0 aliphatic heterocycles. The highest BCUT2D eigenvalue weighted by Crippen LogP contribution is 2.25. The maximum absolute atomic E-state index is 3.62. The van der Waals surface area contributed by atoms with E-state index in [0.717, 1.165) is 12.6 Å². The maximum atomic E-state index is 3.62. The summed E-state index contributed by atoms with van der Waals surface area (Å²) in [6.45, 7) is 3.37. The minimum atomic E-state index is 0.584. The van der Waals surface area contributed by atoms with Crippen molar-refractivity contribution in [3.8, 4) is 0 Å². The van der Waals surface area contributed by atoms with Crippen LogP contribution in [0.5, 0.6) is 0 Å². The third-order valence-corrected chi connectivity index (χ3v) is 3.98. The molecular weight excluding hydrogens is 250 g/mol. The van der Waals surface area contributed by atoms with Crippen molar-refractivity contribution in [2.75, 3.05) is 6.54 Å². The highest BCUT2D eigenvalue weighted by Gasteiger charge is 2.18. The first kappa shape index (κ1) is 11.2. The number of benzene rings is 1. The molecule has 2 rings (SSSR count). The number of hydrogen-bond donors (Lipinski definition) is 1. The van der Waals surface area contributed by atoms with Gasteiger partial charge in [-0.15, -0.1) is 0 Å². The highest BCUT2D eigenvalue weighted by molar-refractivity contribution is 9.10. The van der Waals surface area contributed by atoms with E-state index in [9.17, 15) is 0 Å². The number of hydrogen-bond acceptors (Lipinski definition) is 1. The van der Waals surface area contributed by atoms with Crippen molar-refractivity contribution in [3.05, 3.63) is 34.3 Å². The van der Waals surface area contributed by atoms with E-state index in [2.05, 4.69) is 52.4 Å². The molecule has 0 saturated heterocycles. The lowest BCUT2D eigenvalue weighted by atomic mass is 9.92. The molecule has 1 aliphatic carbocycles. The van der Waals surface area contributed by atoms with E-state index in [4.69, 9.17) is 0 Å². The van der Waals surface area contributed by atoms with E-state index in [-0.39, 0.29) is 0 Å². The van der Waals surface area contributed by atoms with Crippen LogP contribution >= 0.6 is 15.9 Å². The first-order chi connectivity index (χ1) is 7.27. The van der Waals surface area contributed by atoms with Crippen molar-refractivity contribution in [3.63, 3.8) is 0 Å². The molecular formula is C13H18BrN. The van der Waals surface area contributed by atoms with Crippen LogP contribution in [0.3, 0.4) is 0 Å². The van der Waals surface area contributed by atoms with Crippen LogP contribution in [0.15, 0.2) is 28.7 Å². The van der Waals surface area contributed by atoms with E-state index in [1.807, 2.05) is 0 Å². The summed E-state index contributed by atoms with van der Waals surface area (Å²) in [5, 5.41) is 3.62. The van der Waals surface area contributed by atoms with Crippen LogP contribution in [0, 0.1) is 0 Å². The number of halogens is 1. The third kappa shape index (κ3) is 2.82. The minimum Gasteiger partial charge on any atom is -0.313 e. The van der Waals surface area contributed by atoms with Gasteiger partial charge in [0.2, 0.25) is 0 Å². The normalized spacial score (nSPS) is 18.5. The molecule has 1 unspecified atom stereocenters. The maximum Gasteiger partial charge on any atom is 0.0210 e. The average molecular weight is 268 g/mol. The molecule has 0 bridgehead atoms. The van der Waals surface area contributed by atoms with Gasteiger partial charge in [-0.2, -0.15) is 0 Å². The minimum absolute atomic E-state index is 0.584. The predicted molar refractivity (Wildman–Crippen MR) is 68.2 cm³/mol. The molecule has 1 saturated carbocycles. The number of nitrogens with one attached hydrogen (secondary N) is 1. The topological polar surface area (TPSA) is 12.0 Å². The van der Waals surface area contributed by atoms with Crippen LogP contribution < -0.4 is 5.32 Å². The molecule has 1 N–H and O–H groups in total. The first-order valence-corrected chi connectivity index (χ1v) is 6.54. The number of rotatable bonds is 4. The zero-order valence-electron chi connectivity index (χ0n) is 9.17. The lowest BCUT2D eigenvalue weighted by Gasteiger charge is -2.28. The predicted octanol–water partition coefficient (Wildman–Crippen LogP) is 3.69. The highest BCUT2D eigenvalue weighted by atomic mass is 79.9. The van der Waals surface area contributed by atoms with Gasteiger partial charge in [0.1, 0.15) is 0 Å². The van der Waals surface area contributed by atoms with Crippen LogP contribution in [0.2, 0.25) is 0 Å². The van der Waals surface area contributed by atoms with Crippen molar-refractivity contribution in [2.45, 2.75) is 38.1 Å². The van der Waals surface area contributed by atoms with Gasteiger partial charge in [-0.1, -0.05) is 47.5 Å². The van der Waals surface area contributed by atoms with E-state index >= 15 is 0 Å². The molecule has 1 aromatic rings. The molecule has 1 nitrogen and oxygen atoms in total. The van der Waals surface area contributed by atoms with Gasteiger partial charge in [0.25, 0.3) is 0 Å². The van der Waals surface area contributed by atoms with Crippen LogP contribution in [0.25, 0.3) is 0 Å². The molecule has 1 aromatic carbocycles. The monoisotopic (exact) mass is 267 g/mol. The molecule has 0 spiro atoms. The van der Waals surface area contributed by atoms with Crippen LogP contribution in [0.1, 0.15) is 37.7 Å². The Balaban J connectivity index is 1.89. The summed E-state index contributed by atoms with van der Waals surface area (Å²) in [6, 6.07) is 9.29. The third-order valence-electron chi connectivity index (χ3n) is 3.25. The molecule has 2 heteroatoms. The standard InChI is InChI=1S/C13H18BrN/c1-10(9-15-11-5-4-6-11)12-7-2-3-8-13(12)14/h2-3,7-8,10-11,15H,4-6,9H2,1H3. The molecule has 0 radical (unpaired) electrons. The van der Waals surface area contributed by atoms with Crippen LogP contribution in [-0.2, 0) is 0 Å². The van der Waals surface area contributed by atoms with Gasteiger partial charge >= 0.3 is 0 Å². The summed E-state index contributed by atoms with van der Waals surface area (Å²) in [5.74, 6) is 0.584. The molecule has 0 heterocycles. The Hall–Kier alpha value is -0.340. The van der Waals surface area contributed by atoms with E-state index in [0.29, 0.717) is 5.92 Å². The van der Waals surface area contributed by atoms with E-state index in [1.165, 1.54) is 29.3 Å². The Morgan fingerprint density at radius 2 is 2.13 bits per heavy atom. The summed E-state index contributed by atoms with van der Waals surface area (Å²) < 4.78 is 1.23. The summed E-state index contributed by atoms with van der Waals surface area (Å²) in [6.07, 6.45) is 4.13. The molecule has 1 atom stereocenters. The summed E-state index contributed by atoms with van der Waals surface area (Å²) in [4.78, 5) is 0. The SMILES string of the molecule is CC(CNC1CCC1)c1ccccc1Br. The largest absolute Gasteiger partial charge is 0.313 e. The van der Waals surface area contributed by atoms with Gasteiger partial charge in [0.05, 0.1) is 0 Å². The Morgan fingerprint density at radius 3 is 2.73 bits per heavy atom. The Kier molecular flexibility index (Phi) is 3.81. The molecule has 1 aliphatic rings. The van der Waals surface area contributed by atoms with Crippen LogP contribution in [0.4, 0.5) is 0 Å². The lowest BCUT2D eigenvalue weighted by Crippen LogP contribution is -2.37. The Morgan fingerprint density at radius 1 is 1.40 bits per heavy atom. The van der Waals surface area contributed by atoms with Gasteiger partial charge in [-0.25, -0.2) is 0 Å². The fraction of sp³-hybridized carbons (Fsp3) is 0.538. The molecule has 1 fully saturated rings. The second-order valence-corrected chi connectivity index (χ2v) is 5.31. The van der Waals surface area contributed by atoms with Crippen molar-refractivity contribution in [1.82, 2.24) is 5.32 Å². The smallest absolute Gasteiger partial charge is 0.0210 e. The fourth-order valence-electron chi connectivity index (χ4n) is 1.94. The van der Waals surface area contributed by atoms with E-state index < -0.39 is 0 Å². The average Bonchev–Trinajstić information content (AvgIpc) is 2.16. The Bertz CT molecular complexity index is 320.